The van der Waals surface area contributed by atoms with Gasteiger partial charge in [-0.15, -0.1) is 0 Å². The summed E-state index contributed by atoms with van der Waals surface area (Å²) in [6.45, 7) is 9.49. The Kier molecular flexibility index (Phi) is 7.75. The molecule has 3 heteroatoms. The first-order valence-corrected chi connectivity index (χ1v) is 11.7. The smallest absolute Gasteiger partial charge is 0.261 e. The molecule has 0 fully saturated rings. The first-order chi connectivity index (χ1) is 12.9. The molecule has 0 atom stereocenters. The summed E-state index contributed by atoms with van der Waals surface area (Å²) >= 11 is 0. The highest BCUT2D eigenvalue weighted by atomic mass is 28.4. The van der Waals surface area contributed by atoms with Crippen LogP contribution in [0.5, 0.6) is 0 Å². The fraction of sp³-hybridized carbons (Fsp3) is 0.375. The van der Waals surface area contributed by atoms with Gasteiger partial charge in [-0.2, -0.15) is 0 Å². The van der Waals surface area contributed by atoms with Crippen LogP contribution in [-0.2, 0) is 9.22 Å². The van der Waals surface area contributed by atoms with Crippen LogP contribution in [0.2, 0.25) is 5.04 Å². The normalized spacial score (nSPS) is 12.8. The number of allylic oxidation sites excluding steroid dienone is 2. The minimum Gasteiger partial charge on any atom is -0.407 e. The van der Waals surface area contributed by atoms with Gasteiger partial charge in [0, 0.05) is 6.61 Å². The maximum absolute atomic E-state index is 10.7. The highest BCUT2D eigenvalue weighted by Gasteiger charge is 2.49. The third kappa shape index (κ3) is 5.27. The number of aldehydes is 1. The third-order valence-corrected chi connectivity index (χ3v) is 10.0. The molecule has 27 heavy (non-hydrogen) atoms. The lowest BCUT2D eigenvalue weighted by Gasteiger charge is -2.43. The molecule has 0 amide bonds. The van der Waals surface area contributed by atoms with E-state index in [-0.39, 0.29) is 5.04 Å². The average Bonchev–Trinajstić information content (AvgIpc) is 2.67. The number of unbranched alkanes of at least 4 members (excludes halogenated alkanes) is 2. The average molecular weight is 381 g/mol. The number of benzene rings is 2. The molecule has 0 N–H and O–H groups in total. The Morgan fingerprint density at radius 1 is 0.926 bits per heavy atom. The maximum Gasteiger partial charge on any atom is 0.261 e. The van der Waals surface area contributed by atoms with Crippen molar-refractivity contribution in [3.63, 3.8) is 0 Å². The first kappa shape index (κ1) is 21.3. The van der Waals surface area contributed by atoms with E-state index >= 15 is 0 Å². The van der Waals surface area contributed by atoms with E-state index in [0.717, 1.165) is 37.7 Å². The number of carbonyl (C=O) groups is 1. The molecule has 0 saturated carbocycles. The molecule has 0 aliphatic heterocycles. The molecule has 2 aromatic rings. The Labute approximate surface area is 165 Å². The van der Waals surface area contributed by atoms with Crippen molar-refractivity contribution in [3.05, 3.63) is 72.3 Å². The standard InChI is InChI=1S/C24H32O2Si/c1-21(20-25)14-8-7-13-19-26-27(24(2,3)4,22-15-9-5-10-16-22)23-17-11-6-12-18-23/h5-6,9-12,14-18,20H,7-8,13,19H2,1-4H3/b21-14+. The van der Waals surface area contributed by atoms with E-state index in [0.29, 0.717) is 0 Å². The summed E-state index contributed by atoms with van der Waals surface area (Å²) in [5, 5.41) is 2.66. The Bertz CT molecular complexity index is 690. The third-order valence-electron chi connectivity index (χ3n) is 4.99. The zero-order chi connectivity index (χ0) is 19.8. The van der Waals surface area contributed by atoms with Gasteiger partial charge in [-0.05, 0) is 47.2 Å². The second-order valence-corrected chi connectivity index (χ2v) is 12.4. The van der Waals surface area contributed by atoms with Crippen LogP contribution in [0.3, 0.4) is 0 Å². The summed E-state index contributed by atoms with van der Waals surface area (Å²) in [6.07, 6.45) is 5.87. The molecule has 2 aromatic carbocycles. The molecule has 0 radical (unpaired) electrons. The summed E-state index contributed by atoms with van der Waals surface area (Å²) < 4.78 is 6.85. The zero-order valence-electron chi connectivity index (χ0n) is 17.1. The van der Waals surface area contributed by atoms with Crippen LogP contribution in [0.25, 0.3) is 0 Å². The van der Waals surface area contributed by atoms with Gasteiger partial charge in [0.2, 0.25) is 0 Å². The molecular weight excluding hydrogens is 348 g/mol. The predicted octanol–water partition coefficient (Wildman–Crippen LogP) is 4.88. The van der Waals surface area contributed by atoms with Gasteiger partial charge in [0.05, 0.1) is 0 Å². The lowest BCUT2D eigenvalue weighted by atomic mass is 10.2. The molecule has 2 nitrogen and oxygen atoms in total. The summed E-state index contributed by atoms with van der Waals surface area (Å²) in [4.78, 5) is 10.7. The zero-order valence-corrected chi connectivity index (χ0v) is 18.1. The predicted molar refractivity (Wildman–Crippen MR) is 117 cm³/mol. The van der Waals surface area contributed by atoms with Gasteiger partial charge >= 0.3 is 0 Å². The van der Waals surface area contributed by atoms with Crippen LogP contribution in [-0.4, -0.2) is 21.2 Å². The van der Waals surface area contributed by atoms with E-state index in [2.05, 4.69) is 81.4 Å². The molecule has 0 aliphatic carbocycles. The topological polar surface area (TPSA) is 26.3 Å². The fourth-order valence-corrected chi connectivity index (χ4v) is 8.22. The van der Waals surface area contributed by atoms with Gasteiger partial charge in [-0.1, -0.05) is 87.5 Å². The lowest BCUT2D eigenvalue weighted by molar-refractivity contribution is -0.104. The van der Waals surface area contributed by atoms with E-state index in [9.17, 15) is 4.79 Å². The highest BCUT2D eigenvalue weighted by Crippen LogP contribution is 2.36. The quantitative estimate of drug-likeness (QED) is 0.268. The Morgan fingerprint density at radius 3 is 1.89 bits per heavy atom. The summed E-state index contributed by atoms with van der Waals surface area (Å²) in [5.74, 6) is 0. The van der Waals surface area contributed by atoms with Crippen molar-refractivity contribution >= 4 is 25.0 Å². The summed E-state index contributed by atoms with van der Waals surface area (Å²) in [7, 11) is -2.41. The van der Waals surface area contributed by atoms with Crippen molar-refractivity contribution in [2.75, 3.05) is 6.61 Å². The van der Waals surface area contributed by atoms with Gasteiger partial charge in [-0.25, -0.2) is 0 Å². The summed E-state index contributed by atoms with van der Waals surface area (Å²) in [5.41, 5.74) is 0.808. The molecular formula is C24H32O2Si. The van der Waals surface area contributed by atoms with Crippen LogP contribution in [0.4, 0.5) is 0 Å². The van der Waals surface area contributed by atoms with E-state index < -0.39 is 8.32 Å². The molecule has 0 spiro atoms. The van der Waals surface area contributed by atoms with Crippen molar-refractivity contribution < 1.29 is 9.22 Å². The van der Waals surface area contributed by atoms with Crippen molar-refractivity contribution in [1.82, 2.24) is 0 Å². The van der Waals surface area contributed by atoms with E-state index in [4.69, 9.17) is 4.43 Å². The Morgan fingerprint density at radius 2 is 1.44 bits per heavy atom. The fourth-order valence-electron chi connectivity index (χ4n) is 3.61. The van der Waals surface area contributed by atoms with Crippen molar-refractivity contribution in [3.8, 4) is 0 Å². The number of carbonyl (C=O) groups excluding carboxylic acids is 1. The molecule has 0 bridgehead atoms. The molecule has 144 valence electrons. The van der Waals surface area contributed by atoms with Crippen molar-refractivity contribution in [1.29, 1.82) is 0 Å². The molecule has 0 aromatic heterocycles. The largest absolute Gasteiger partial charge is 0.407 e. The molecule has 0 saturated heterocycles. The second kappa shape index (κ2) is 9.82. The highest BCUT2D eigenvalue weighted by molar-refractivity contribution is 6.99. The summed E-state index contributed by atoms with van der Waals surface area (Å²) in [6, 6.07) is 21.5. The van der Waals surface area contributed by atoms with Gasteiger partial charge in [-0.3, -0.25) is 4.79 Å². The van der Waals surface area contributed by atoms with Crippen LogP contribution < -0.4 is 10.4 Å². The maximum atomic E-state index is 10.7. The van der Waals surface area contributed by atoms with Crippen molar-refractivity contribution in [2.24, 2.45) is 0 Å². The number of rotatable bonds is 9. The molecule has 0 aliphatic rings. The van der Waals surface area contributed by atoms with Crippen LogP contribution in [0.15, 0.2) is 72.3 Å². The van der Waals surface area contributed by atoms with E-state index in [1.807, 2.05) is 13.0 Å². The number of hydrogen-bond acceptors (Lipinski definition) is 2. The molecule has 2 rings (SSSR count). The monoisotopic (exact) mass is 380 g/mol. The van der Waals surface area contributed by atoms with Gasteiger partial charge in [0.1, 0.15) is 6.29 Å². The van der Waals surface area contributed by atoms with Gasteiger partial charge in [0.15, 0.2) is 0 Å². The van der Waals surface area contributed by atoms with Gasteiger partial charge in [0.25, 0.3) is 8.32 Å². The second-order valence-electron chi connectivity index (χ2n) is 8.07. The van der Waals surface area contributed by atoms with E-state index in [1.165, 1.54) is 10.4 Å². The van der Waals surface area contributed by atoms with Crippen molar-refractivity contribution in [2.45, 2.75) is 52.0 Å². The van der Waals surface area contributed by atoms with Crippen LogP contribution in [0, 0.1) is 0 Å². The van der Waals surface area contributed by atoms with Gasteiger partial charge < -0.3 is 4.43 Å². The lowest BCUT2D eigenvalue weighted by Crippen LogP contribution is -2.66. The minimum atomic E-state index is -2.41. The molecule has 0 heterocycles. The van der Waals surface area contributed by atoms with E-state index in [1.54, 1.807) is 0 Å². The Balaban J connectivity index is 2.26. The minimum absolute atomic E-state index is 0.0176. The van der Waals surface area contributed by atoms with Crippen LogP contribution in [0.1, 0.15) is 47.0 Å². The SMILES string of the molecule is C/C(C=O)=C\CCCCO[Si](c1ccccc1)(c1ccccc1)C(C)(C)C. The Hall–Kier alpha value is -1.97. The first-order valence-electron chi connectivity index (χ1n) is 9.79. The molecule has 0 unspecified atom stereocenters. The number of hydrogen-bond donors (Lipinski definition) is 0. The van der Waals surface area contributed by atoms with Crippen LogP contribution >= 0.6 is 0 Å².